The molecule has 3 heterocycles. The van der Waals surface area contributed by atoms with E-state index >= 15 is 0 Å². The van der Waals surface area contributed by atoms with E-state index in [2.05, 4.69) is 27.0 Å². The molecule has 4 rings (SSSR count). The molecule has 3 aromatic rings. The molecule has 1 aromatic carbocycles. The smallest absolute Gasteiger partial charge is 0.156 e. The standard InChI is InChI=1S/C18H21N5/c1-12-20-16-11-15(13-6-5-7-14(19)10-13)22-17(16)18(21-12)23-8-3-2-4-9-23/h5-7,10-11,22H,2-4,8-9,19H2,1H3. The van der Waals surface area contributed by atoms with E-state index in [0.717, 1.165) is 52.7 Å². The number of rotatable bonds is 2. The van der Waals surface area contributed by atoms with Crippen molar-refractivity contribution in [2.24, 2.45) is 0 Å². The van der Waals surface area contributed by atoms with Gasteiger partial charge in [0.25, 0.3) is 0 Å². The highest BCUT2D eigenvalue weighted by Crippen LogP contribution is 2.30. The Balaban J connectivity index is 1.84. The number of benzene rings is 1. The lowest BCUT2D eigenvalue weighted by Crippen LogP contribution is -2.30. The Labute approximate surface area is 135 Å². The number of hydrogen-bond acceptors (Lipinski definition) is 4. The van der Waals surface area contributed by atoms with E-state index in [1.165, 1.54) is 19.3 Å². The van der Waals surface area contributed by atoms with Crippen molar-refractivity contribution < 1.29 is 0 Å². The second-order valence-electron chi connectivity index (χ2n) is 6.21. The van der Waals surface area contributed by atoms with Gasteiger partial charge in [-0.25, -0.2) is 9.97 Å². The minimum Gasteiger partial charge on any atom is -0.399 e. The largest absolute Gasteiger partial charge is 0.399 e. The number of fused-ring (bicyclic) bond motifs is 1. The van der Waals surface area contributed by atoms with Crippen molar-refractivity contribution in [2.75, 3.05) is 23.7 Å². The van der Waals surface area contributed by atoms with Crippen LogP contribution in [0.3, 0.4) is 0 Å². The number of nitrogens with one attached hydrogen (secondary N) is 1. The maximum Gasteiger partial charge on any atom is 0.156 e. The van der Waals surface area contributed by atoms with Gasteiger partial charge in [0, 0.05) is 30.0 Å². The van der Waals surface area contributed by atoms with Gasteiger partial charge in [-0.05, 0) is 44.4 Å². The Kier molecular flexibility index (Phi) is 3.41. The monoisotopic (exact) mass is 307 g/mol. The average molecular weight is 307 g/mol. The number of nitrogen functional groups attached to an aromatic ring is 1. The number of aromatic amines is 1. The number of aromatic nitrogens is 3. The quantitative estimate of drug-likeness (QED) is 0.711. The Bertz CT molecular complexity index is 846. The first-order valence-corrected chi connectivity index (χ1v) is 8.19. The molecule has 1 aliphatic rings. The third-order valence-corrected chi connectivity index (χ3v) is 4.42. The van der Waals surface area contributed by atoms with Crippen LogP contribution in [-0.4, -0.2) is 28.0 Å². The molecule has 5 heteroatoms. The van der Waals surface area contributed by atoms with Crippen LogP contribution >= 0.6 is 0 Å². The summed E-state index contributed by atoms with van der Waals surface area (Å²) in [4.78, 5) is 15.2. The SMILES string of the molecule is Cc1nc(N2CCCCC2)c2[nH]c(-c3cccc(N)c3)cc2n1. The van der Waals surface area contributed by atoms with E-state index in [1.807, 2.05) is 25.1 Å². The summed E-state index contributed by atoms with van der Waals surface area (Å²) in [6.45, 7) is 4.09. The first-order chi connectivity index (χ1) is 11.2. The van der Waals surface area contributed by atoms with E-state index in [-0.39, 0.29) is 0 Å². The van der Waals surface area contributed by atoms with Crippen LogP contribution < -0.4 is 10.6 Å². The van der Waals surface area contributed by atoms with Crippen LogP contribution in [0.15, 0.2) is 30.3 Å². The molecule has 1 saturated heterocycles. The summed E-state index contributed by atoms with van der Waals surface area (Å²) in [5, 5.41) is 0. The Hall–Kier alpha value is -2.56. The number of nitrogens with two attached hydrogens (primary N) is 1. The molecule has 0 aliphatic carbocycles. The van der Waals surface area contributed by atoms with Gasteiger partial charge in [-0.15, -0.1) is 0 Å². The molecule has 0 amide bonds. The summed E-state index contributed by atoms with van der Waals surface area (Å²) in [5.41, 5.74) is 10.8. The van der Waals surface area contributed by atoms with E-state index in [4.69, 9.17) is 10.7 Å². The molecule has 0 atom stereocenters. The molecular formula is C18H21N5. The highest BCUT2D eigenvalue weighted by molar-refractivity contribution is 5.91. The zero-order chi connectivity index (χ0) is 15.8. The van der Waals surface area contributed by atoms with Crippen LogP contribution in [-0.2, 0) is 0 Å². The molecule has 1 fully saturated rings. The molecular weight excluding hydrogens is 286 g/mol. The molecule has 5 nitrogen and oxygen atoms in total. The molecule has 3 N–H and O–H groups in total. The van der Waals surface area contributed by atoms with Crippen molar-refractivity contribution >= 4 is 22.5 Å². The summed E-state index contributed by atoms with van der Waals surface area (Å²) >= 11 is 0. The summed E-state index contributed by atoms with van der Waals surface area (Å²) < 4.78 is 0. The van der Waals surface area contributed by atoms with E-state index in [9.17, 15) is 0 Å². The van der Waals surface area contributed by atoms with Crippen molar-refractivity contribution in [2.45, 2.75) is 26.2 Å². The molecule has 118 valence electrons. The molecule has 0 bridgehead atoms. The third-order valence-electron chi connectivity index (χ3n) is 4.42. The number of nitrogens with zero attached hydrogens (tertiary/aromatic N) is 3. The highest BCUT2D eigenvalue weighted by atomic mass is 15.2. The summed E-state index contributed by atoms with van der Waals surface area (Å²) in [6.07, 6.45) is 3.77. The van der Waals surface area contributed by atoms with Gasteiger partial charge in [-0.2, -0.15) is 0 Å². The minimum absolute atomic E-state index is 0.764. The van der Waals surface area contributed by atoms with Gasteiger partial charge in [-0.3, -0.25) is 0 Å². The van der Waals surface area contributed by atoms with E-state index in [1.54, 1.807) is 0 Å². The predicted molar refractivity (Wildman–Crippen MR) is 94.5 cm³/mol. The van der Waals surface area contributed by atoms with Crippen molar-refractivity contribution in [3.63, 3.8) is 0 Å². The lowest BCUT2D eigenvalue weighted by molar-refractivity contribution is 0.574. The maximum atomic E-state index is 5.91. The molecule has 0 saturated carbocycles. The summed E-state index contributed by atoms with van der Waals surface area (Å²) in [7, 11) is 0. The van der Waals surface area contributed by atoms with Gasteiger partial charge in [0.05, 0.1) is 5.52 Å². The van der Waals surface area contributed by atoms with Gasteiger partial charge in [0.2, 0.25) is 0 Å². The number of hydrogen-bond donors (Lipinski definition) is 2. The predicted octanol–water partition coefficient (Wildman–Crippen LogP) is 3.51. The maximum absolute atomic E-state index is 5.91. The normalized spacial score (nSPS) is 15.3. The van der Waals surface area contributed by atoms with Crippen LogP contribution in [0.5, 0.6) is 0 Å². The molecule has 2 aromatic heterocycles. The van der Waals surface area contributed by atoms with Crippen LogP contribution in [0, 0.1) is 6.92 Å². The fraction of sp³-hybridized carbons (Fsp3) is 0.333. The van der Waals surface area contributed by atoms with Gasteiger partial charge in [0.1, 0.15) is 11.3 Å². The second-order valence-corrected chi connectivity index (χ2v) is 6.21. The van der Waals surface area contributed by atoms with Gasteiger partial charge < -0.3 is 15.6 Å². The van der Waals surface area contributed by atoms with Crippen LogP contribution in [0.4, 0.5) is 11.5 Å². The molecule has 0 unspecified atom stereocenters. The van der Waals surface area contributed by atoms with Crippen molar-refractivity contribution in [1.82, 2.24) is 15.0 Å². The topological polar surface area (TPSA) is 70.8 Å². The number of piperidine rings is 1. The minimum atomic E-state index is 0.764. The molecule has 0 radical (unpaired) electrons. The Morgan fingerprint density at radius 3 is 2.70 bits per heavy atom. The zero-order valence-corrected chi connectivity index (χ0v) is 13.3. The Morgan fingerprint density at radius 2 is 1.91 bits per heavy atom. The number of H-pyrrole nitrogens is 1. The Morgan fingerprint density at radius 1 is 1.09 bits per heavy atom. The molecule has 1 aliphatic heterocycles. The van der Waals surface area contributed by atoms with E-state index in [0.29, 0.717) is 0 Å². The first kappa shape index (κ1) is 14.1. The average Bonchev–Trinajstić information content (AvgIpc) is 2.99. The van der Waals surface area contributed by atoms with Gasteiger partial charge in [-0.1, -0.05) is 12.1 Å². The van der Waals surface area contributed by atoms with Crippen LogP contribution in [0.2, 0.25) is 0 Å². The third kappa shape index (κ3) is 2.63. The fourth-order valence-electron chi connectivity index (χ4n) is 3.31. The van der Waals surface area contributed by atoms with Crippen molar-refractivity contribution in [1.29, 1.82) is 0 Å². The lowest BCUT2D eigenvalue weighted by Gasteiger charge is -2.28. The number of anilines is 2. The molecule has 0 spiro atoms. The highest BCUT2D eigenvalue weighted by Gasteiger charge is 2.18. The van der Waals surface area contributed by atoms with Gasteiger partial charge in [0.15, 0.2) is 5.82 Å². The second kappa shape index (κ2) is 5.57. The lowest BCUT2D eigenvalue weighted by atomic mass is 10.1. The van der Waals surface area contributed by atoms with Crippen LogP contribution in [0.1, 0.15) is 25.1 Å². The first-order valence-electron chi connectivity index (χ1n) is 8.19. The van der Waals surface area contributed by atoms with E-state index < -0.39 is 0 Å². The summed E-state index contributed by atoms with van der Waals surface area (Å²) in [5.74, 6) is 1.85. The fourth-order valence-corrected chi connectivity index (χ4v) is 3.31. The van der Waals surface area contributed by atoms with Crippen molar-refractivity contribution in [3.8, 4) is 11.3 Å². The number of aryl methyl sites for hydroxylation is 1. The van der Waals surface area contributed by atoms with Crippen molar-refractivity contribution in [3.05, 3.63) is 36.2 Å². The summed E-state index contributed by atoms with van der Waals surface area (Å²) in [6, 6.07) is 9.99. The van der Waals surface area contributed by atoms with Gasteiger partial charge >= 0.3 is 0 Å². The van der Waals surface area contributed by atoms with Crippen LogP contribution in [0.25, 0.3) is 22.3 Å². The zero-order valence-electron chi connectivity index (χ0n) is 13.3. The molecule has 23 heavy (non-hydrogen) atoms.